The number of thioether (sulfide) groups is 1. The third-order valence-electron chi connectivity index (χ3n) is 3.69. The van der Waals surface area contributed by atoms with Crippen molar-refractivity contribution in [1.29, 1.82) is 0 Å². The molecule has 0 spiro atoms. The predicted molar refractivity (Wildman–Crippen MR) is 116 cm³/mol. The number of nitrogens with one attached hydrogen (secondary N) is 1. The summed E-state index contributed by atoms with van der Waals surface area (Å²) < 4.78 is 37.3. The summed E-state index contributed by atoms with van der Waals surface area (Å²) in [6, 6.07) is 3.65. The van der Waals surface area contributed by atoms with Crippen LogP contribution < -0.4 is 19.1 Å². The van der Waals surface area contributed by atoms with E-state index >= 15 is 0 Å². The van der Waals surface area contributed by atoms with E-state index in [9.17, 15) is 13.2 Å². The Bertz CT molecular complexity index is 962. The zero-order valence-electron chi connectivity index (χ0n) is 17.0. The highest BCUT2D eigenvalue weighted by Crippen LogP contribution is 2.35. The van der Waals surface area contributed by atoms with Crippen LogP contribution in [0.4, 0.5) is 10.8 Å². The van der Waals surface area contributed by atoms with Crippen LogP contribution in [-0.2, 0) is 14.8 Å². The molecule has 9 nitrogen and oxygen atoms in total. The van der Waals surface area contributed by atoms with Crippen molar-refractivity contribution in [2.24, 2.45) is 0 Å². The number of benzene rings is 1. The lowest BCUT2D eigenvalue weighted by Crippen LogP contribution is -2.45. The zero-order valence-corrected chi connectivity index (χ0v) is 19.4. The Balaban J connectivity index is 2.33. The Hall–Kier alpha value is -2.05. The molecule has 0 aliphatic heterocycles. The van der Waals surface area contributed by atoms with Crippen molar-refractivity contribution >= 4 is 49.8 Å². The molecule has 160 valence electrons. The lowest BCUT2D eigenvalue weighted by molar-refractivity contribution is -0.116. The number of hydrogen-bond donors (Lipinski definition) is 1. The monoisotopic (exact) mass is 460 g/mol. The van der Waals surface area contributed by atoms with Crippen molar-refractivity contribution in [3.05, 3.63) is 18.2 Å². The summed E-state index contributed by atoms with van der Waals surface area (Å²) in [6.07, 6.45) is 1.03. The van der Waals surface area contributed by atoms with E-state index in [0.29, 0.717) is 21.9 Å². The first-order chi connectivity index (χ1) is 13.6. The minimum absolute atomic E-state index is 0.199. The van der Waals surface area contributed by atoms with Gasteiger partial charge in [0, 0.05) is 11.3 Å². The van der Waals surface area contributed by atoms with Gasteiger partial charge in [-0.25, -0.2) is 8.42 Å². The molecule has 2 aromatic rings. The van der Waals surface area contributed by atoms with Gasteiger partial charge in [0.05, 0.1) is 26.2 Å². The molecule has 2 rings (SSSR count). The molecule has 0 bridgehead atoms. The van der Waals surface area contributed by atoms with Crippen LogP contribution in [0.15, 0.2) is 22.5 Å². The van der Waals surface area contributed by atoms with Crippen LogP contribution >= 0.6 is 23.1 Å². The van der Waals surface area contributed by atoms with Crippen molar-refractivity contribution in [1.82, 2.24) is 10.2 Å². The number of ether oxygens (including phenoxy) is 2. The van der Waals surface area contributed by atoms with Gasteiger partial charge in [0.25, 0.3) is 0 Å². The minimum Gasteiger partial charge on any atom is -0.497 e. The van der Waals surface area contributed by atoms with Crippen molar-refractivity contribution in [2.75, 3.05) is 30.1 Å². The second-order valence-electron chi connectivity index (χ2n) is 6.30. The molecule has 0 fully saturated rings. The van der Waals surface area contributed by atoms with Crippen LogP contribution in [0.1, 0.15) is 20.8 Å². The molecule has 1 aromatic carbocycles. The molecule has 12 heteroatoms. The standard InChI is InChI=1S/C17H24N4O5S3/c1-10(2)27-17-20-19-16(28-17)18-15(22)11(3)21(29(6,23)24)13-9-12(25-4)7-8-14(13)26-5/h7-11H,1-6H3,(H,18,19,22)/t11-/m1/s1. The summed E-state index contributed by atoms with van der Waals surface area (Å²) in [5.41, 5.74) is 0.199. The third-order valence-corrected chi connectivity index (χ3v) is 6.84. The number of methoxy groups -OCH3 is 2. The summed E-state index contributed by atoms with van der Waals surface area (Å²) in [7, 11) is -0.933. The number of carbonyl (C=O) groups excluding carboxylic acids is 1. The van der Waals surface area contributed by atoms with Crippen molar-refractivity contribution in [2.45, 2.75) is 36.4 Å². The summed E-state index contributed by atoms with van der Waals surface area (Å²) in [6.45, 7) is 5.54. The maximum atomic E-state index is 12.8. The molecule has 0 aliphatic carbocycles. The Morgan fingerprint density at radius 1 is 1.21 bits per heavy atom. The van der Waals surface area contributed by atoms with Gasteiger partial charge in [-0.3, -0.25) is 14.4 Å². The van der Waals surface area contributed by atoms with Crippen molar-refractivity contribution in [3.8, 4) is 11.5 Å². The molecule has 0 saturated heterocycles. The number of anilines is 2. The summed E-state index contributed by atoms with van der Waals surface area (Å²) in [5, 5.41) is 11.2. The fraction of sp³-hybridized carbons (Fsp3) is 0.471. The number of nitrogens with zero attached hydrogens (tertiary/aromatic N) is 3. The lowest BCUT2D eigenvalue weighted by Gasteiger charge is -2.29. The lowest BCUT2D eigenvalue weighted by atomic mass is 10.2. The predicted octanol–water partition coefficient (Wildman–Crippen LogP) is 2.85. The van der Waals surface area contributed by atoms with Gasteiger partial charge in [0.15, 0.2) is 4.34 Å². The van der Waals surface area contributed by atoms with E-state index in [4.69, 9.17) is 9.47 Å². The van der Waals surface area contributed by atoms with Gasteiger partial charge in [-0.05, 0) is 19.1 Å². The van der Waals surface area contributed by atoms with Gasteiger partial charge in [-0.1, -0.05) is 36.9 Å². The summed E-state index contributed by atoms with van der Waals surface area (Å²) >= 11 is 2.76. The first kappa shape index (κ1) is 23.2. The Morgan fingerprint density at radius 3 is 2.45 bits per heavy atom. The van der Waals surface area contributed by atoms with Gasteiger partial charge in [-0.2, -0.15) is 0 Å². The highest BCUT2D eigenvalue weighted by molar-refractivity contribution is 8.01. The molecule has 1 heterocycles. The SMILES string of the molecule is COc1ccc(OC)c(N([C@H](C)C(=O)Nc2nnc(SC(C)C)s2)S(C)(=O)=O)c1. The number of aromatic nitrogens is 2. The van der Waals surface area contributed by atoms with Crippen LogP contribution in [0, 0.1) is 0 Å². The topological polar surface area (TPSA) is 111 Å². The van der Waals surface area contributed by atoms with Crippen LogP contribution in [0.3, 0.4) is 0 Å². The fourth-order valence-corrected chi connectivity index (χ4v) is 5.62. The average molecular weight is 461 g/mol. The number of rotatable bonds is 9. The van der Waals surface area contributed by atoms with E-state index in [1.807, 2.05) is 13.8 Å². The third kappa shape index (κ3) is 5.97. The molecular weight excluding hydrogens is 436 g/mol. The van der Waals surface area contributed by atoms with Gasteiger partial charge >= 0.3 is 0 Å². The number of hydrogen-bond acceptors (Lipinski definition) is 9. The highest BCUT2D eigenvalue weighted by Gasteiger charge is 2.32. The molecule has 1 N–H and O–H groups in total. The van der Waals surface area contributed by atoms with Crippen molar-refractivity contribution in [3.63, 3.8) is 0 Å². The molecule has 0 unspecified atom stereocenters. The second kappa shape index (κ2) is 9.63. The van der Waals surface area contributed by atoms with Gasteiger partial charge in [-0.15, -0.1) is 10.2 Å². The maximum absolute atomic E-state index is 12.8. The van der Waals surface area contributed by atoms with Crippen LogP contribution in [0.25, 0.3) is 0 Å². The smallest absolute Gasteiger partial charge is 0.249 e. The Kier molecular flexibility index (Phi) is 7.72. The molecule has 29 heavy (non-hydrogen) atoms. The Morgan fingerprint density at radius 2 is 1.90 bits per heavy atom. The molecule has 0 aliphatic rings. The zero-order chi connectivity index (χ0) is 21.8. The van der Waals surface area contributed by atoms with E-state index in [1.165, 1.54) is 50.3 Å². The molecule has 1 amide bonds. The maximum Gasteiger partial charge on any atom is 0.249 e. The molecule has 1 atom stereocenters. The minimum atomic E-state index is -3.82. The molecule has 0 saturated carbocycles. The highest BCUT2D eigenvalue weighted by atomic mass is 32.2. The van der Waals surface area contributed by atoms with Crippen LogP contribution in [0.2, 0.25) is 0 Å². The number of amides is 1. The van der Waals surface area contributed by atoms with Crippen LogP contribution in [-0.4, -0.2) is 56.3 Å². The van der Waals surface area contributed by atoms with Crippen molar-refractivity contribution < 1.29 is 22.7 Å². The quantitative estimate of drug-likeness (QED) is 0.449. The summed E-state index contributed by atoms with van der Waals surface area (Å²) in [5.74, 6) is 0.182. The second-order valence-corrected chi connectivity index (χ2v) is 11.0. The first-order valence-corrected chi connectivity index (χ1v) is 12.1. The number of carbonyl (C=O) groups is 1. The largest absolute Gasteiger partial charge is 0.497 e. The number of sulfonamides is 1. The average Bonchev–Trinajstić information content (AvgIpc) is 3.06. The summed E-state index contributed by atoms with van der Waals surface area (Å²) in [4.78, 5) is 12.8. The van der Waals surface area contributed by atoms with E-state index in [-0.39, 0.29) is 5.69 Å². The first-order valence-electron chi connectivity index (χ1n) is 8.59. The van der Waals surface area contributed by atoms with Crippen LogP contribution in [0.5, 0.6) is 11.5 Å². The van der Waals surface area contributed by atoms with E-state index in [2.05, 4.69) is 15.5 Å². The molecule has 1 aromatic heterocycles. The van der Waals surface area contributed by atoms with E-state index in [0.717, 1.165) is 14.9 Å². The van der Waals surface area contributed by atoms with Gasteiger partial charge in [0.2, 0.25) is 21.1 Å². The van der Waals surface area contributed by atoms with E-state index in [1.54, 1.807) is 12.1 Å². The van der Waals surface area contributed by atoms with Gasteiger partial charge < -0.3 is 9.47 Å². The molecule has 0 radical (unpaired) electrons. The fourth-order valence-electron chi connectivity index (χ4n) is 2.47. The normalized spacial score (nSPS) is 12.5. The Labute approximate surface area is 178 Å². The molecular formula is C17H24N4O5S3. The van der Waals surface area contributed by atoms with E-state index < -0.39 is 22.0 Å². The van der Waals surface area contributed by atoms with Gasteiger partial charge in [0.1, 0.15) is 17.5 Å².